The maximum absolute atomic E-state index is 11.8. The van der Waals surface area contributed by atoms with Crippen LogP contribution in [0.4, 0.5) is 13.2 Å². The number of hydrogen-bond acceptors (Lipinski definition) is 5. The molecule has 0 fully saturated rings. The normalized spacial score (nSPS) is 17.6. The molecule has 0 radical (unpaired) electrons. The zero-order chi connectivity index (χ0) is 15.5. The summed E-state index contributed by atoms with van der Waals surface area (Å²) in [5.74, 6) is -0.815. The Balaban J connectivity index is 1.61. The van der Waals surface area contributed by atoms with Gasteiger partial charge in [-0.1, -0.05) is 0 Å². The van der Waals surface area contributed by atoms with Crippen LogP contribution in [0.2, 0.25) is 0 Å². The number of hydrogen-bond donors (Lipinski definition) is 1. The second-order valence-electron chi connectivity index (χ2n) is 4.34. The van der Waals surface area contributed by atoms with Crippen LogP contribution < -0.4 is 4.74 Å². The Bertz CT molecular complexity index is 479. The van der Waals surface area contributed by atoms with Crippen LogP contribution in [0.15, 0.2) is 6.07 Å². The molecule has 21 heavy (non-hydrogen) atoms. The van der Waals surface area contributed by atoms with E-state index in [-0.39, 0.29) is 31.6 Å². The van der Waals surface area contributed by atoms with Gasteiger partial charge in [-0.2, -0.15) is 18.3 Å². The molecule has 0 saturated heterocycles. The average Bonchev–Trinajstić information content (AvgIpc) is 2.89. The van der Waals surface area contributed by atoms with Crippen molar-refractivity contribution in [2.45, 2.75) is 18.8 Å². The molecule has 0 spiro atoms. The first-order valence-corrected chi connectivity index (χ1v) is 6.05. The van der Waals surface area contributed by atoms with Gasteiger partial charge in [0.2, 0.25) is 5.88 Å². The highest BCUT2D eigenvalue weighted by atomic mass is 19.4. The number of carboxylic acid groups (broad SMARTS) is 1. The molecule has 1 aliphatic rings. The molecule has 0 bridgehead atoms. The van der Waals surface area contributed by atoms with Crippen LogP contribution in [-0.2, 0) is 16.0 Å². The molecular weight excluding hydrogens is 297 g/mol. The monoisotopic (exact) mass is 310 g/mol. The summed E-state index contributed by atoms with van der Waals surface area (Å²) in [6.45, 7) is -0.977. The van der Waals surface area contributed by atoms with Crippen molar-refractivity contribution in [3.8, 4) is 5.88 Å². The summed E-state index contributed by atoms with van der Waals surface area (Å²) < 4.78 is 51.6. The maximum atomic E-state index is 11.8. The topological polar surface area (TPSA) is 82.8 Å². The van der Waals surface area contributed by atoms with Gasteiger partial charge in [-0.05, 0) is 0 Å². The number of rotatable bonds is 7. The fourth-order valence-corrected chi connectivity index (χ4v) is 1.74. The van der Waals surface area contributed by atoms with Gasteiger partial charge in [-0.15, -0.1) is 0 Å². The number of carbonyl (C=O) groups is 1. The molecule has 0 saturated carbocycles. The third kappa shape index (κ3) is 4.60. The Morgan fingerprint density at radius 2 is 2.19 bits per heavy atom. The number of carboxylic acids is 1. The quantitative estimate of drug-likeness (QED) is 0.755. The lowest BCUT2D eigenvalue weighted by atomic mass is 10.4. The molecule has 1 N–H and O–H groups in total. The van der Waals surface area contributed by atoms with E-state index >= 15 is 0 Å². The van der Waals surface area contributed by atoms with Crippen LogP contribution in [0, 0.1) is 0 Å². The SMILES string of the molecule is O=C(O)c1cc2n(n1)CC(COCCOCC(F)(F)F)O2. The van der Waals surface area contributed by atoms with E-state index in [0.717, 1.165) is 0 Å². The third-order valence-electron chi connectivity index (χ3n) is 2.57. The zero-order valence-electron chi connectivity index (χ0n) is 10.8. The van der Waals surface area contributed by atoms with E-state index in [1.54, 1.807) is 0 Å². The molecule has 1 aromatic heterocycles. The fraction of sp³-hybridized carbons (Fsp3) is 0.636. The minimum Gasteiger partial charge on any atom is -0.476 e. The van der Waals surface area contributed by atoms with E-state index in [2.05, 4.69) is 9.84 Å². The summed E-state index contributed by atoms with van der Waals surface area (Å²) in [5, 5.41) is 12.6. The zero-order valence-corrected chi connectivity index (χ0v) is 10.8. The van der Waals surface area contributed by atoms with Gasteiger partial charge < -0.3 is 19.3 Å². The van der Waals surface area contributed by atoms with Crippen LogP contribution in [0.25, 0.3) is 0 Å². The third-order valence-corrected chi connectivity index (χ3v) is 2.57. The van der Waals surface area contributed by atoms with Crippen LogP contribution in [-0.4, -0.2) is 59.6 Å². The molecule has 10 heteroatoms. The molecule has 7 nitrogen and oxygen atoms in total. The summed E-state index contributed by atoms with van der Waals surface area (Å²) >= 11 is 0. The largest absolute Gasteiger partial charge is 0.476 e. The minimum atomic E-state index is -4.34. The second-order valence-corrected chi connectivity index (χ2v) is 4.34. The maximum Gasteiger partial charge on any atom is 0.411 e. The highest BCUT2D eigenvalue weighted by Gasteiger charge is 2.28. The number of alkyl halides is 3. The number of aromatic nitrogens is 2. The number of nitrogens with zero attached hydrogens (tertiary/aromatic N) is 2. The molecule has 0 aromatic carbocycles. The minimum absolute atomic E-state index is 0.0125. The molecule has 0 aliphatic carbocycles. The first-order chi connectivity index (χ1) is 9.85. The van der Waals surface area contributed by atoms with E-state index in [0.29, 0.717) is 12.4 Å². The van der Waals surface area contributed by atoms with Gasteiger partial charge >= 0.3 is 12.1 Å². The van der Waals surface area contributed by atoms with Crippen molar-refractivity contribution in [3.05, 3.63) is 11.8 Å². The summed E-state index contributed by atoms with van der Waals surface area (Å²) in [6.07, 6.45) is -4.69. The van der Waals surface area contributed by atoms with Crippen molar-refractivity contribution in [1.29, 1.82) is 0 Å². The second kappa shape index (κ2) is 6.31. The van der Waals surface area contributed by atoms with Gasteiger partial charge in [0, 0.05) is 6.07 Å². The van der Waals surface area contributed by atoms with E-state index in [1.165, 1.54) is 10.7 Å². The van der Waals surface area contributed by atoms with Gasteiger partial charge in [0.15, 0.2) is 5.69 Å². The fourth-order valence-electron chi connectivity index (χ4n) is 1.74. The van der Waals surface area contributed by atoms with Crippen LogP contribution >= 0.6 is 0 Å². The predicted molar refractivity (Wildman–Crippen MR) is 61.3 cm³/mol. The van der Waals surface area contributed by atoms with Crippen molar-refractivity contribution in [3.63, 3.8) is 0 Å². The lowest BCUT2D eigenvalue weighted by Gasteiger charge is -2.11. The lowest BCUT2D eigenvalue weighted by Crippen LogP contribution is -2.24. The van der Waals surface area contributed by atoms with E-state index in [1.807, 2.05) is 0 Å². The molecule has 0 amide bonds. The Hall–Kier alpha value is -1.81. The average molecular weight is 310 g/mol. The van der Waals surface area contributed by atoms with Crippen LogP contribution in [0.1, 0.15) is 10.5 Å². The highest BCUT2D eigenvalue weighted by molar-refractivity contribution is 5.85. The molecule has 1 aromatic rings. The first-order valence-electron chi connectivity index (χ1n) is 6.05. The van der Waals surface area contributed by atoms with Gasteiger partial charge in [0.05, 0.1) is 26.4 Å². The molecule has 118 valence electrons. The summed E-state index contributed by atoms with van der Waals surface area (Å²) in [5.41, 5.74) is -0.107. The standard InChI is InChI=1S/C11H13F3N2O5/c12-11(13,14)6-20-2-1-19-5-7-4-16-9(21-7)3-8(15-16)10(17)18/h3,7H,1-2,4-6H2,(H,17,18). The predicted octanol–water partition coefficient (Wildman–Crippen LogP) is 0.938. The Morgan fingerprint density at radius 1 is 1.48 bits per heavy atom. The number of halogens is 3. The highest BCUT2D eigenvalue weighted by Crippen LogP contribution is 2.22. The van der Waals surface area contributed by atoms with E-state index in [9.17, 15) is 18.0 Å². The number of ether oxygens (including phenoxy) is 3. The van der Waals surface area contributed by atoms with Crippen molar-refractivity contribution in [2.75, 3.05) is 26.4 Å². The Labute approximate surface area is 117 Å². The number of aromatic carboxylic acids is 1. The van der Waals surface area contributed by atoms with Crippen LogP contribution in [0.5, 0.6) is 5.88 Å². The van der Waals surface area contributed by atoms with Gasteiger partial charge in [-0.3, -0.25) is 0 Å². The van der Waals surface area contributed by atoms with Crippen molar-refractivity contribution in [2.24, 2.45) is 0 Å². The lowest BCUT2D eigenvalue weighted by molar-refractivity contribution is -0.176. The molecule has 2 rings (SSSR count). The smallest absolute Gasteiger partial charge is 0.411 e. The molecular formula is C11H13F3N2O5. The molecule has 1 unspecified atom stereocenters. The van der Waals surface area contributed by atoms with Crippen molar-refractivity contribution >= 4 is 5.97 Å². The summed E-state index contributed by atoms with van der Waals surface area (Å²) in [6, 6.07) is 1.30. The van der Waals surface area contributed by atoms with Gasteiger partial charge in [0.1, 0.15) is 12.7 Å². The van der Waals surface area contributed by atoms with Crippen LogP contribution in [0.3, 0.4) is 0 Å². The Morgan fingerprint density at radius 3 is 2.81 bits per heavy atom. The molecule has 1 aliphatic heterocycles. The first kappa shape index (κ1) is 15.6. The van der Waals surface area contributed by atoms with Crippen molar-refractivity contribution < 1.29 is 37.3 Å². The van der Waals surface area contributed by atoms with Crippen molar-refractivity contribution in [1.82, 2.24) is 9.78 Å². The summed E-state index contributed by atoms with van der Waals surface area (Å²) in [7, 11) is 0. The molecule has 1 atom stereocenters. The number of fused-ring (bicyclic) bond motifs is 1. The van der Waals surface area contributed by atoms with Gasteiger partial charge in [-0.25, -0.2) is 9.48 Å². The summed E-state index contributed by atoms with van der Waals surface area (Å²) in [4.78, 5) is 10.7. The van der Waals surface area contributed by atoms with E-state index < -0.39 is 18.8 Å². The van der Waals surface area contributed by atoms with E-state index in [4.69, 9.17) is 14.6 Å². The van der Waals surface area contributed by atoms with Gasteiger partial charge in [0.25, 0.3) is 0 Å². The Kier molecular flexibility index (Phi) is 4.68. The molecule has 2 heterocycles.